The standard InChI is InChI=1S/C13H10Br2ClNO/c14-9-6-10(15)13(17-7-9)12(18)5-8-3-1-2-4-11(8)16/h1-4,6-7,12,18H,5H2. The zero-order valence-corrected chi connectivity index (χ0v) is 13.2. The SMILES string of the molecule is OC(Cc1ccccc1Cl)c1ncc(Br)cc1Br. The van der Waals surface area contributed by atoms with Gasteiger partial charge in [-0.15, -0.1) is 0 Å². The van der Waals surface area contributed by atoms with Gasteiger partial charge in [-0.25, -0.2) is 0 Å². The molecule has 0 radical (unpaired) electrons. The number of aliphatic hydroxyl groups is 1. The fourth-order valence-corrected chi connectivity index (χ4v) is 3.10. The van der Waals surface area contributed by atoms with Crippen LogP contribution in [-0.2, 0) is 6.42 Å². The first-order valence-electron chi connectivity index (χ1n) is 5.30. The van der Waals surface area contributed by atoms with Crippen molar-refractivity contribution in [3.8, 4) is 0 Å². The molecule has 0 saturated heterocycles. The number of nitrogens with zero attached hydrogens (tertiary/aromatic N) is 1. The Bertz CT molecular complexity index is 562. The largest absolute Gasteiger partial charge is 0.386 e. The topological polar surface area (TPSA) is 33.1 Å². The first-order chi connectivity index (χ1) is 8.58. The van der Waals surface area contributed by atoms with Crippen LogP contribution in [-0.4, -0.2) is 10.1 Å². The Hall–Kier alpha value is -0.420. The summed E-state index contributed by atoms with van der Waals surface area (Å²) in [6, 6.07) is 9.34. The molecule has 1 atom stereocenters. The molecular formula is C13H10Br2ClNO. The van der Waals surface area contributed by atoms with E-state index in [-0.39, 0.29) is 0 Å². The number of pyridine rings is 1. The summed E-state index contributed by atoms with van der Waals surface area (Å²) in [6.45, 7) is 0. The van der Waals surface area contributed by atoms with Crippen LogP contribution in [0.4, 0.5) is 0 Å². The van der Waals surface area contributed by atoms with Gasteiger partial charge in [0.1, 0.15) is 6.10 Å². The lowest BCUT2D eigenvalue weighted by molar-refractivity contribution is 0.173. The molecule has 1 aromatic carbocycles. The Morgan fingerprint density at radius 3 is 2.67 bits per heavy atom. The van der Waals surface area contributed by atoms with Crippen molar-refractivity contribution in [3.05, 3.63) is 61.8 Å². The van der Waals surface area contributed by atoms with Gasteiger partial charge in [0.2, 0.25) is 0 Å². The smallest absolute Gasteiger partial charge is 0.101 e. The third-order valence-corrected chi connectivity index (χ3v) is 3.96. The zero-order valence-electron chi connectivity index (χ0n) is 9.28. The zero-order chi connectivity index (χ0) is 13.1. The monoisotopic (exact) mass is 389 g/mol. The first-order valence-corrected chi connectivity index (χ1v) is 7.26. The molecule has 0 aliphatic carbocycles. The van der Waals surface area contributed by atoms with Crippen molar-refractivity contribution in [2.75, 3.05) is 0 Å². The fraction of sp³-hybridized carbons (Fsp3) is 0.154. The van der Waals surface area contributed by atoms with E-state index in [2.05, 4.69) is 36.8 Å². The van der Waals surface area contributed by atoms with Crippen LogP contribution in [0.3, 0.4) is 0 Å². The van der Waals surface area contributed by atoms with Gasteiger partial charge in [-0.3, -0.25) is 4.98 Å². The quantitative estimate of drug-likeness (QED) is 0.834. The van der Waals surface area contributed by atoms with Crippen LogP contribution < -0.4 is 0 Å². The molecule has 2 aromatic rings. The van der Waals surface area contributed by atoms with Crippen LogP contribution in [0.15, 0.2) is 45.5 Å². The van der Waals surface area contributed by atoms with E-state index in [9.17, 15) is 5.11 Å². The second-order valence-corrected chi connectivity index (χ2v) is 6.01. The van der Waals surface area contributed by atoms with E-state index in [1.165, 1.54) is 0 Å². The van der Waals surface area contributed by atoms with E-state index in [1.54, 1.807) is 6.20 Å². The van der Waals surface area contributed by atoms with Crippen molar-refractivity contribution in [2.45, 2.75) is 12.5 Å². The molecular weight excluding hydrogens is 381 g/mol. The molecule has 0 amide bonds. The van der Waals surface area contributed by atoms with Crippen molar-refractivity contribution in [3.63, 3.8) is 0 Å². The van der Waals surface area contributed by atoms with Crippen molar-refractivity contribution < 1.29 is 5.11 Å². The Balaban J connectivity index is 2.22. The highest BCUT2D eigenvalue weighted by molar-refractivity contribution is 9.11. The van der Waals surface area contributed by atoms with Crippen LogP contribution in [0.2, 0.25) is 5.02 Å². The van der Waals surface area contributed by atoms with E-state index in [4.69, 9.17) is 11.6 Å². The molecule has 0 spiro atoms. The Morgan fingerprint density at radius 1 is 1.28 bits per heavy atom. The van der Waals surface area contributed by atoms with Crippen molar-refractivity contribution in [2.24, 2.45) is 0 Å². The van der Waals surface area contributed by atoms with Gasteiger partial charge in [-0.2, -0.15) is 0 Å². The van der Waals surface area contributed by atoms with E-state index in [0.29, 0.717) is 17.1 Å². The number of rotatable bonds is 3. The molecule has 2 nitrogen and oxygen atoms in total. The summed E-state index contributed by atoms with van der Waals surface area (Å²) in [5.74, 6) is 0. The van der Waals surface area contributed by atoms with Gasteiger partial charge in [0.25, 0.3) is 0 Å². The van der Waals surface area contributed by atoms with Crippen LogP contribution in [0.25, 0.3) is 0 Å². The first kappa shape index (κ1) is 14.0. The van der Waals surface area contributed by atoms with Crippen molar-refractivity contribution in [1.82, 2.24) is 4.98 Å². The lowest BCUT2D eigenvalue weighted by Crippen LogP contribution is -2.05. The molecule has 0 fully saturated rings. The van der Waals surface area contributed by atoms with Gasteiger partial charge >= 0.3 is 0 Å². The van der Waals surface area contributed by atoms with Crippen molar-refractivity contribution >= 4 is 43.5 Å². The average molecular weight is 391 g/mol. The van der Waals surface area contributed by atoms with Gasteiger partial charge in [-0.1, -0.05) is 29.8 Å². The van der Waals surface area contributed by atoms with Gasteiger partial charge in [0.05, 0.1) is 5.69 Å². The van der Waals surface area contributed by atoms with Gasteiger partial charge in [0, 0.05) is 26.6 Å². The van der Waals surface area contributed by atoms with E-state index in [1.807, 2.05) is 30.3 Å². The number of benzene rings is 1. The lowest BCUT2D eigenvalue weighted by Gasteiger charge is -2.13. The summed E-state index contributed by atoms with van der Waals surface area (Å²) in [4.78, 5) is 4.22. The van der Waals surface area contributed by atoms with Crippen LogP contribution >= 0.6 is 43.5 Å². The fourth-order valence-electron chi connectivity index (χ4n) is 1.64. The number of hydrogen-bond donors (Lipinski definition) is 1. The normalized spacial score (nSPS) is 12.4. The number of halogens is 3. The number of aromatic nitrogens is 1. The van der Waals surface area contributed by atoms with E-state index in [0.717, 1.165) is 14.5 Å². The van der Waals surface area contributed by atoms with Crippen LogP contribution in [0.1, 0.15) is 17.4 Å². The molecule has 0 bridgehead atoms. The van der Waals surface area contributed by atoms with E-state index < -0.39 is 6.10 Å². The highest BCUT2D eigenvalue weighted by Gasteiger charge is 2.15. The molecule has 1 heterocycles. The second-order valence-electron chi connectivity index (χ2n) is 3.83. The summed E-state index contributed by atoms with van der Waals surface area (Å²) in [6.07, 6.45) is 1.41. The molecule has 1 unspecified atom stereocenters. The Morgan fingerprint density at radius 2 is 2.00 bits per heavy atom. The molecule has 1 aromatic heterocycles. The molecule has 0 aliphatic heterocycles. The minimum atomic E-state index is -0.688. The van der Waals surface area contributed by atoms with Gasteiger partial charge < -0.3 is 5.11 Å². The summed E-state index contributed by atoms with van der Waals surface area (Å²) in [7, 11) is 0. The van der Waals surface area contributed by atoms with Crippen LogP contribution in [0, 0.1) is 0 Å². The van der Waals surface area contributed by atoms with E-state index >= 15 is 0 Å². The summed E-state index contributed by atoms with van der Waals surface area (Å²) in [5.41, 5.74) is 1.52. The molecule has 2 rings (SSSR count). The predicted octanol–water partition coefficient (Wildman–Crippen LogP) is 4.54. The average Bonchev–Trinajstić information content (AvgIpc) is 2.32. The number of aliphatic hydroxyl groups excluding tert-OH is 1. The molecule has 0 aliphatic rings. The summed E-state index contributed by atoms with van der Waals surface area (Å²) in [5, 5.41) is 10.9. The Labute approximate surface area is 127 Å². The van der Waals surface area contributed by atoms with Crippen LogP contribution in [0.5, 0.6) is 0 Å². The Kier molecular flexibility index (Phi) is 4.78. The molecule has 0 saturated carbocycles. The highest BCUT2D eigenvalue weighted by atomic mass is 79.9. The minimum Gasteiger partial charge on any atom is -0.386 e. The molecule has 94 valence electrons. The second kappa shape index (κ2) is 6.15. The third kappa shape index (κ3) is 3.32. The third-order valence-electron chi connectivity index (χ3n) is 2.52. The highest BCUT2D eigenvalue weighted by Crippen LogP contribution is 2.28. The molecule has 5 heteroatoms. The number of hydrogen-bond acceptors (Lipinski definition) is 2. The maximum Gasteiger partial charge on any atom is 0.101 e. The minimum absolute atomic E-state index is 0.437. The van der Waals surface area contributed by atoms with Gasteiger partial charge in [0.15, 0.2) is 0 Å². The maximum atomic E-state index is 10.2. The summed E-state index contributed by atoms with van der Waals surface area (Å²) < 4.78 is 1.64. The predicted molar refractivity (Wildman–Crippen MR) is 79.8 cm³/mol. The summed E-state index contributed by atoms with van der Waals surface area (Å²) >= 11 is 12.8. The van der Waals surface area contributed by atoms with Crippen molar-refractivity contribution in [1.29, 1.82) is 0 Å². The van der Waals surface area contributed by atoms with Gasteiger partial charge in [-0.05, 0) is 49.6 Å². The molecule has 1 N–H and O–H groups in total. The maximum absolute atomic E-state index is 10.2. The molecule has 18 heavy (non-hydrogen) atoms. The lowest BCUT2D eigenvalue weighted by atomic mass is 10.1.